The van der Waals surface area contributed by atoms with Crippen LogP contribution in [0.2, 0.25) is 0 Å². The molecule has 1 amide bonds. The van der Waals surface area contributed by atoms with Crippen molar-refractivity contribution in [3.8, 4) is 0 Å². The van der Waals surface area contributed by atoms with E-state index in [0.29, 0.717) is 12.8 Å². The van der Waals surface area contributed by atoms with E-state index < -0.39 is 32.9 Å². The number of nitrogens with one attached hydrogen (secondary N) is 1. The number of amides is 1. The zero-order chi connectivity index (χ0) is 18.9. The summed E-state index contributed by atoms with van der Waals surface area (Å²) in [6.45, 7) is 2.14. The van der Waals surface area contributed by atoms with Crippen LogP contribution in [0.25, 0.3) is 0 Å². The fourth-order valence-electron chi connectivity index (χ4n) is 3.28. The van der Waals surface area contributed by atoms with E-state index in [2.05, 4.69) is 5.32 Å². The number of furan rings is 1. The van der Waals surface area contributed by atoms with E-state index in [4.69, 9.17) is 9.52 Å². The number of carboxylic acid groups (broad SMARTS) is 1. The number of aromatic carboxylic acids is 1. The van der Waals surface area contributed by atoms with Gasteiger partial charge in [0.1, 0.15) is 6.04 Å². The van der Waals surface area contributed by atoms with Gasteiger partial charge >= 0.3 is 5.97 Å². The van der Waals surface area contributed by atoms with Crippen molar-refractivity contribution in [3.05, 3.63) is 17.9 Å². The molecule has 1 saturated carbocycles. The summed E-state index contributed by atoms with van der Waals surface area (Å²) < 4.78 is 31.6. The largest absolute Gasteiger partial charge is 0.475 e. The average molecular weight is 384 g/mol. The molecule has 0 bridgehead atoms. The first-order chi connectivity index (χ1) is 12.3. The standard InChI is InChI=1S/C17H24N2O6S/c1-11(4-5-12-6-7-12)18-16(20)13-3-2-10-19(13)26(23,24)15-9-8-14(25-15)17(21)22/h8-9,11-13H,2-7,10H2,1H3,(H,18,20)(H,21,22). The summed E-state index contributed by atoms with van der Waals surface area (Å²) in [6, 6.07) is 1.42. The highest BCUT2D eigenvalue weighted by molar-refractivity contribution is 7.89. The van der Waals surface area contributed by atoms with Gasteiger partial charge in [-0.15, -0.1) is 0 Å². The van der Waals surface area contributed by atoms with Gasteiger partial charge in [-0.25, -0.2) is 13.2 Å². The minimum atomic E-state index is -4.05. The molecule has 1 aromatic rings. The van der Waals surface area contributed by atoms with Crippen molar-refractivity contribution in [2.45, 2.75) is 62.6 Å². The van der Waals surface area contributed by atoms with Crippen molar-refractivity contribution < 1.29 is 27.5 Å². The lowest BCUT2D eigenvalue weighted by Gasteiger charge is -2.24. The first kappa shape index (κ1) is 18.9. The van der Waals surface area contributed by atoms with Crippen LogP contribution in [-0.4, -0.2) is 48.3 Å². The lowest BCUT2D eigenvalue weighted by Crippen LogP contribution is -2.48. The monoisotopic (exact) mass is 384 g/mol. The van der Waals surface area contributed by atoms with E-state index >= 15 is 0 Å². The second-order valence-electron chi connectivity index (χ2n) is 7.13. The maximum Gasteiger partial charge on any atom is 0.371 e. The van der Waals surface area contributed by atoms with Gasteiger partial charge in [0.25, 0.3) is 10.0 Å². The smallest absolute Gasteiger partial charge is 0.371 e. The maximum atomic E-state index is 12.8. The van der Waals surface area contributed by atoms with Gasteiger partial charge in [0.15, 0.2) is 0 Å². The van der Waals surface area contributed by atoms with E-state index in [1.807, 2.05) is 6.92 Å². The zero-order valence-corrected chi connectivity index (χ0v) is 15.5. The molecule has 2 fully saturated rings. The first-order valence-corrected chi connectivity index (χ1v) is 10.4. The third-order valence-corrected chi connectivity index (χ3v) is 6.74. The van der Waals surface area contributed by atoms with Crippen LogP contribution in [0, 0.1) is 5.92 Å². The Balaban J connectivity index is 1.67. The van der Waals surface area contributed by atoms with Crippen molar-refractivity contribution in [1.29, 1.82) is 0 Å². The lowest BCUT2D eigenvalue weighted by molar-refractivity contribution is -0.124. The number of sulfonamides is 1. The topological polar surface area (TPSA) is 117 Å². The fourth-order valence-corrected chi connectivity index (χ4v) is 4.85. The highest BCUT2D eigenvalue weighted by Gasteiger charge is 2.41. The van der Waals surface area contributed by atoms with E-state index in [1.54, 1.807) is 0 Å². The highest BCUT2D eigenvalue weighted by Crippen LogP contribution is 2.34. The molecule has 2 aliphatic rings. The Morgan fingerprint density at radius 3 is 2.69 bits per heavy atom. The lowest BCUT2D eigenvalue weighted by atomic mass is 10.1. The van der Waals surface area contributed by atoms with Crippen LogP contribution in [-0.2, 0) is 14.8 Å². The molecule has 2 N–H and O–H groups in total. The third-order valence-electron chi connectivity index (χ3n) is 4.95. The van der Waals surface area contributed by atoms with Crippen molar-refractivity contribution in [2.75, 3.05) is 6.54 Å². The van der Waals surface area contributed by atoms with E-state index in [1.165, 1.54) is 12.8 Å². The van der Waals surface area contributed by atoms with Crippen LogP contribution >= 0.6 is 0 Å². The van der Waals surface area contributed by atoms with Gasteiger partial charge in [0.05, 0.1) is 0 Å². The summed E-state index contributed by atoms with van der Waals surface area (Å²) in [5.74, 6) is -1.32. The second-order valence-corrected chi connectivity index (χ2v) is 8.95. The fraction of sp³-hybridized carbons (Fsp3) is 0.647. The molecule has 2 atom stereocenters. The molecule has 2 unspecified atom stereocenters. The molecule has 26 heavy (non-hydrogen) atoms. The molecule has 1 saturated heterocycles. The molecule has 8 nitrogen and oxygen atoms in total. The van der Waals surface area contributed by atoms with Crippen LogP contribution in [0.4, 0.5) is 0 Å². The summed E-state index contributed by atoms with van der Waals surface area (Å²) in [7, 11) is -4.05. The molecule has 9 heteroatoms. The highest BCUT2D eigenvalue weighted by atomic mass is 32.2. The van der Waals surface area contributed by atoms with Gasteiger partial charge in [-0.2, -0.15) is 4.31 Å². The Labute approximate surface area is 152 Å². The molecular formula is C17H24N2O6S. The maximum absolute atomic E-state index is 12.8. The normalized spacial score (nSPS) is 22.3. The average Bonchev–Trinajstić information content (AvgIpc) is 3.07. The number of carbonyl (C=O) groups is 2. The molecule has 1 aliphatic carbocycles. The summed E-state index contributed by atoms with van der Waals surface area (Å²) in [6.07, 6.45) is 5.50. The van der Waals surface area contributed by atoms with Crippen LogP contribution in [0.1, 0.15) is 56.0 Å². The van der Waals surface area contributed by atoms with Gasteiger partial charge < -0.3 is 14.8 Å². The second kappa shape index (κ2) is 7.40. The van der Waals surface area contributed by atoms with E-state index in [9.17, 15) is 18.0 Å². The first-order valence-electron chi connectivity index (χ1n) is 8.94. The molecule has 0 spiro atoms. The SMILES string of the molecule is CC(CCC1CC1)NC(=O)C1CCCN1S(=O)(=O)c1ccc(C(=O)O)o1. The predicted octanol–water partition coefficient (Wildman–Crippen LogP) is 1.83. The van der Waals surface area contributed by atoms with Crippen LogP contribution in [0.5, 0.6) is 0 Å². The minimum absolute atomic E-state index is 0.00419. The Bertz CT molecular complexity index is 783. The summed E-state index contributed by atoms with van der Waals surface area (Å²) in [5.41, 5.74) is 0. The van der Waals surface area contributed by atoms with Gasteiger partial charge in [-0.3, -0.25) is 4.79 Å². The number of carbonyl (C=O) groups excluding carboxylic acids is 1. The van der Waals surface area contributed by atoms with Gasteiger partial charge in [0.2, 0.25) is 16.8 Å². The third kappa shape index (κ3) is 4.09. The van der Waals surface area contributed by atoms with Gasteiger partial charge in [-0.1, -0.05) is 12.8 Å². The molecule has 1 aliphatic heterocycles. The summed E-state index contributed by atoms with van der Waals surface area (Å²) in [4.78, 5) is 23.5. The Morgan fingerprint density at radius 2 is 2.08 bits per heavy atom. The molecule has 3 rings (SSSR count). The molecular weight excluding hydrogens is 360 g/mol. The van der Waals surface area contributed by atoms with Crippen molar-refractivity contribution in [1.82, 2.24) is 9.62 Å². The molecule has 1 aromatic heterocycles. The van der Waals surface area contributed by atoms with E-state index in [0.717, 1.165) is 35.2 Å². The van der Waals surface area contributed by atoms with Crippen LogP contribution in [0.3, 0.4) is 0 Å². The van der Waals surface area contributed by atoms with Crippen molar-refractivity contribution in [3.63, 3.8) is 0 Å². The quantitative estimate of drug-likeness (QED) is 0.706. The summed E-state index contributed by atoms with van der Waals surface area (Å²) >= 11 is 0. The van der Waals surface area contributed by atoms with Crippen LogP contribution in [0.15, 0.2) is 21.6 Å². The predicted molar refractivity (Wildman–Crippen MR) is 92.1 cm³/mol. The van der Waals surface area contributed by atoms with Crippen molar-refractivity contribution >= 4 is 21.9 Å². The number of rotatable bonds is 8. The Kier molecular flexibility index (Phi) is 5.38. The number of carboxylic acids is 1. The number of hydrogen-bond donors (Lipinski definition) is 2. The Hall–Kier alpha value is -1.87. The Morgan fingerprint density at radius 1 is 1.35 bits per heavy atom. The number of nitrogens with zero attached hydrogens (tertiary/aromatic N) is 1. The van der Waals surface area contributed by atoms with Gasteiger partial charge in [-0.05, 0) is 50.7 Å². The summed E-state index contributed by atoms with van der Waals surface area (Å²) in [5, 5.41) is 11.4. The molecule has 144 valence electrons. The van der Waals surface area contributed by atoms with Gasteiger partial charge in [0, 0.05) is 12.6 Å². The van der Waals surface area contributed by atoms with Crippen LogP contribution < -0.4 is 5.32 Å². The zero-order valence-electron chi connectivity index (χ0n) is 14.7. The van der Waals surface area contributed by atoms with E-state index in [-0.39, 0.29) is 18.5 Å². The number of hydrogen-bond acceptors (Lipinski definition) is 5. The molecule has 0 aromatic carbocycles. The molecule has 0 radical (unpaired) electrons. The molecule has 2 heterocycles. The minimum Gasteiger partial charge on any atom is -0.475 e. The van der Waals surface area contributed by atoms with Crippen molar-refractivity contribution in [2.24, 2.45) is 5.92 Å².